The molecule has 0 bridgehead atoms. The predicted molar refractivity (Wildman–Crippen MR) is 59.2 cm³/mol. The molecule has 1 aliphatic rings. The average Bonchev–Trinajstić information content (AvgIpc) is 2.29. The first-order chi connectivity index (χ1) is 7.29. The Hall–Kier alpha value is -1.36. The minimum atomic E-state index is -0.0911. The third kappa shape index (κ3) is 2.36. The predicted octanol–water partition coefficient (Wildman–Crippen LogP) is -0.0419. The highest BCUT2D eigenvalue weighted by atomic mass is 16.1. The van der Waals surface area contributed by atoms with Gasteiger partial charge in [0.15, 0.2) is 0 Å². The maximum absolute atomic E-state index is 11.1. The second-order valence-electron chi connectivity index (χ2n) is 3.83. The molecule has 0 spiro atoms. The van der Waals surface area contributed by atoms with E-state index in [1.165, 1.54) is 12.5 Å². The van der Waals surface area contributed by atoms with E-state index < -0.39 is 0 Å². The lowest BCUT2D eigenvalue weighted by atomic mass is 10.1. The number of hydrogen-bond acceptors (Lipinski definition) is 4. The Morgan fingerprint density at radius 2 is 2.53 bits per heavy atom. The van der Waals surface area contributed by atoms with Crippen LogP contribution in [-0.4, -0.2) is 36.1 Å². The standard InChI is InChI=1S/C10H16N4O/c1-11-8-3-2-6-14(7-8)10-12-5-4-9(15)13-10/h4-5,8,11H,2-3,6-7H2,1H3,(H,12,13,15). The molecule has 1 aliphatic heterocycles. The van der Waals surface area contributed by atoms with Gasteiger partial charge in [0.05, 0.1) is 0 Å². The molecule has 82 valence electrons. The quantitative estimate of drug-likeness (QED) is 0.716. The molecule has 0 aromatic carbocycles. The van der Waals surface area contributed by atoms with Crippen molar-refractivity contribution in [1.29, 1.82) is 0 Å². The molecule has 15 heavy (non-hydrogen) atoms. The van der Waals surface area contributed by atoms with Crippen molar-refractivity contribution in [1.82, 2.24) is 15.3 Å². The van der Waals surface area contributed by atoms with Gasteiger partial charge in [-0.05, 0) is 19.9 Å². The van der Waals surface area contributed by atoms with Gasteiger partial charge in [0.2, 0.25) is 5.95 Å². The highest BCUT2D eigenvalue weighted by molar-refractivity contribution is 5.29. The summed E-state index contributed by atoms with van der Waals surface area (Å²) in [6, 6.07) is 1.92. The number of anilines is 1. The van der Waals surface area contributed by atoms with Crippen LogP contribution in [0.2, 0.25) is 0 Å². The zero-order valence-electron chi connectivity index (χ0n) is 8.86. The fourth-order valence-corrected chi connectivity index (χ4v) is 1.93. The molecule has 1 aromatic heterocycles. The summed E-state index contributed by atoms with van der Waals surface area (Å²) in [7, 11) is 1.97. The topological polar surface area (TPSA) is 61.0 Å². The van der Waals surface area contributed by atoms with E-state index in [2.05, 4.69) is 20.2 Å². The molecule has 1 atom stereocenters. The van der Waals surface area contributed by atoms with Crippen LogP contribution in [0.4, 0.5) is 5.95 Å². The Morgan fingerprint density at radius 3 is 3.27 bits per heavy atom. The second-order valence-corrected chi connectivity index (χ2v) is 3.83. The summed E-state index contributed by atoms with van der Waals surface area (Å²) in [4.78, 5) is 20.2. The van der Waals surface area contributed by atoms with Gasteiger partial charge in [0.25, 0.3) is 5.56 Å². The first-order valence-electron chi connectivity index (χ1n) is 5.27. The second kappa shape index (κ2) is 4.44. The van der Waals surface area contributed by atoms with Gasteiger partial charge in [0, 0.05) is 31.4 Å². The van der Waals surface area contributed by atoms with E-state index in [0.29, 0.717) is 12.0 Å². The van der Waals surface area contributed by atoms with Crippen LogP contribution >= 0.6 is 0 Å². The molecule has 1 aromatic rings. The van der Waals surface area contributed by atoms with Gasteiger partial charge in [-0.3, -0.25) is 9.78 Å². The van der Waals surface area contributed by atoms with E-state index in [9.17, 15) is 4.79 Å². The summed E-state index contributed by atoms with van der Waals surface area (Å²) < 4.78 is 0. The smallest absolute Gasteiger partial charge is 0.252 e. The lowest BCUT2D eigenvalue weighted by Crippen LogP contribution is -2.45. The minimum absolute atomic E-state index is 0.0911. The molecule has 1 saturated heterocycles. The third-order valence-electron chi connectivity index (χ3n) is 2.79. The molecule has 2 heterocycles. The highest BCUT2D eigenvalue weighted by Crippen LogP contribution is 2.13. The molecule has 0 saturated carbocycles. The molecule has 1 fully saturated rings. The monoisotopic (exact) mass is 208 g/mol. The fourth-order valence-electron chi connectivity index (χ4n) is 1.93. The van der Waals surface area contributed by atoms with Crippen LogP contribution in [0.1, 0.15) is 12.8 Å². The number of aromatic nitrogens is 2. The molecule has 5 nitrogen and oxygen atoms in total. The molecule has 1 unspecified atom stereocenters. The summed E-state index contributed by atoms with van der Waals surface area (Å²) >= 11 is 0. The maximum Gasteiger partial charge on any atom is 0.252 e. The molecular weight excluding hydrogens is 192 g/mol. The Morgan fingerprint density at radius 1 is 1.67 bits per heavy atom. The summed E-state index contributed by atoms with van der Waals surface area (Å²) in [5.41, 5.74) is -0.0911. The van der Waals surface area contributed by atoms with Crippen LogP contribution in [0.15, 0.2) is 17.1 Å². The molecular formula is C10H16N4O. The van der Waals surface area contributed by atoms with Gasteiger partial charge in [-0.25, -0.2) is 4.98 Å². The maximum atomic E-state index is 11.1. The zero-order chi connectivity index (χ0) is 10.7. The number of piperidine rings is 1. The summed E-state index contributed by atoms with van der Waals surface area (Å²) in [6.45, 7) is 1.87. The van der Waals surface area contributed by atoms with E-state index in [-0.39, 0.29) is 5.56 Å². The molecule has 2 N–H and O–H groups in total. The van der Waals surface area contributed by atoms with Crippen LogP contribution in [-0.2, 0) is 0 Å². The Kier molecular flexibility index (Phi) is 3.01. The van der Waals surface area contributed by atoms with Crippen molar-refractivity contribution in [2.45, 2.75) is 18.9 Å². The van der Waals surface area contributed by atoms with Crippen LogP contribution < -0.4 is 15.8 Å². The zero-order valence-corrected chi connectivity index (χ0v) is 8.86. The molecule has 0 amide bonds. The number of likely N-dealkylation sites (N-methyl/N-ethyl adjacent to an activating group) is 1. The SMILES string of the molecule is CNC1CCCN(c2nccc(=O)[nH]2)C1. The van der Waals surface area contributed by atoms with Crippen LogP contribution in [0.5, 0.6) is 0 Å². The number of hydrogen-bond donors (Lipinski definition) is 2. The molecule has 5 heteroatoms. The number of nitrogens with one attached hydrogen (secondary N) is 2. The van der Waals surface area contributed by atoms with E-state index >= 15 is 0 Å². The number of rotatable bonds is 2. The number of H-pyrrole nitrogens is 1. The van der Waals surface area contributed by atoms with Crippen molar-refractivity contribution in [3.8, 4) is 0 Å². The minimum Gasteiger partial charge on any atom is -0.341 e. The van der Waals surface area contributed by atoms with Gasteiger partial charge < -0.3 is 10.2 Å². The molecule has 0 aliphatic carbocycles. The van der Waals surface area contributed by atoms with Gasteiger partial charge >= 0.3 is 0 Å². The van der Waals surface area contributed by atoms with E-state index in [1.807, 2.05) is 7.05 Å². The van der Waals surface area contributed by atoms with Crippen LogP contribution in [0.25, 0.3) is 0 Å². The summed E-state index contributed by atoms with van der Waals surface area (Å²) in [5, 5.41) is 3.26. The van der Waals surface area contributed by atoms with E-state index in [1.54, 1.807) is 6.20 Å². The van der Waals surface area contributed by atoms with Crippen molar-refractivity contribution in [3.63, 3.8) is 0 Å². The Labute approximate surface area is 88.5 Å². The van der Waals surface area contributed by atoms with Gasteiger partial charge in [-0.2, -0.15) is 0 Å². The van der Waals surface area contributed by atoms with Crippen molar-refractivity contribution < 1.29 is 0 Å². The molecule has 2 rings (SSSR count). The van der Waals surface area contributed by atoms with Gasteiger partial charge in [-0.15, -0.1) is 0 Å². The number of nitrogens with zero attached hydrogens (tertiary/aromatic N) is 2. The largest absolute Gasteiger partial charge is 0.341 e. The third-order valence-corrected chi connectivity index (χ3v) is 2.79. The summed E-state index contributed by atoms with van der Waals surface area (Å²) in [5.74, 6) is 0.683. The van der Waals surface area contributed by atoms with Gasteiger partial charge in [-0.1, -0.05) is 0 Å². The lowest BCUT2D eigenvalue weighted by Gasteiger charge is -2.32. The van der Waals surface area contributed by atoms with Gasteiger partial charge in [0.1, 0.15) is 0 Å². The van der Waals surface area contributed by atoms with Crippen molar-refractivity contribution in [2.24, 2.45) is 0 Å². The summed E-state index contributed by atoms with van der Waals surface area (Å²) in [6.07, 6.45) is 3.87. The van der Waals surface area contributed by atoms with Crippen LogP contribution in [0.3, 0.4) is 0 Å². The van der Waals surface area contributed by atoms with E-state index in [0.717, 1.165) is 19.5 Å². The van der Waals surface area contributed by atoms with E-state index in [4.69, 9.17) is 0 Å². The first kappa shape index (κ1) is 10.2. The average molecular weight is 208 g/mol. The lowest BCUT2D eigenvalue weighted by molar-refractivity contribution is 0.445. The number of aromatic amines is 1. The first-order valence-corrected chi connectivity index (χ1v) is 5.27. The fraction of sp³-hybridized carbons (Fsp3) is 0.600. The normalized spacial score (nSPS) is 21.7. The van der Waals surface area contributed by atoms with Crippen molar-refractivity contribution in [2.75, 3.05) is 25.0 Å². The molecule has 0 radical (unpaired) electrons. The van der Waals surface area contributed by atoms with Crippen molar-refractivity contribution >= 4 is 5.95 Å². The Balaban J connectivity index is 2.13. The Bertz CT molecular complexity index is 376. The van der Waals surface area contributed by atoms with Crippen molar-refractivity contribution in [3.05, 3.63) is 22.6 Å². The van der Waals surface area contributed by atoms with Crippen LogP contribution in [0, 0.1) is 0 Å². The highest BCUT2D eigenvalue weighted by Gasteiger charge is 2.19.